The number of hydrogen-bond donors (Lipinski definition) is 0. The summed E-state index contributed by atoms with van der Waals surface area (Å²) in [6.45, 7) is -2.91. The molecule has 2 atom stereocenters. The van der Waals surface area contributed by atoms with E-state index in [9.17, 15) is 35.6 Å². The molecule has 0 radical (unpaired) electrons. The van der Waals surface area contributed by atoms with Gasteiger partial charge in [0.2, 0.25) is 10.0 Å². The Bertz CT molecular complexity index is 1840. The van der Waals surface area contributed by atoms with Gasteiger partial charge in [0.1, 0.15) is 16.1 Å². The summed E-state index contributed by atoms with van der Waals surface area (Å²) in [5.41, 5.74) is 0.506. The molecule has 5 rings (SSSR count). The van der Waals surface area contributed by atoms with Gasteiger partial charge in [-0.15, -0.1) is 11.8 Å². The van der Waals surface area contributed by atoms with Crippen LogP contribution in [-0.4, -0.2) is 64.3 Å². The minimum absolute atomic E-state index is 0.0182. The molecule has 0 bridgehead atoms. The third kappa shape index (κ3) is 8.59. The number of rotatable bonds is 13. The molecule has 47 heavy (non-hydrogen) atoms. The highest BCUT2D eigenvalue weighted by atomic mass is 35.5. The first-order valence-electron chi connectivity index (χ1n) is 14.1. The van der Waals surface area contributed by atoms with Crippen molar-refractivity contribution in [2.24, 2.45) is 5.92 Å². The number of pyridine rings is 1. The summed E-state index contributed by atoms with van der Waals surface area (Å²) in [6, 6.07) is 8.64. The average molecular weight is 754 g/mol. The molecule has 0 unspecified atom stereocenters. The minimum Gasteiger partial charge on any atom is -0.619 e. The molecule has 0 spiro atoms. The van der Waals surface area contributed by atoms with E-state index in [1.54, 1.807) is 0 Å². The van der Waals surface area contributed by atoms with Crippen molar-refractivity contribution in [3.63, 3.8) is 0 Å². The Labute approximate surface area is 284 Å². The van der Waals surface area contributed by atoms with Crippen LogP contribution in [0.1, 0.15) is 30.1 Å². The molecule has 1 aliphatic carbocycles. The smallest absolute Gasteiger partial charge is 0.387 e. The molecule has 254 valence electrons. The fraction of sp³-hybridized carbons (Fsp3) is 0.379. The second-order valence-corrected chi connectivity index (χ2v) is 16.8. The maximum absolute atomic E-state index is 13.7. The quantitative estimate of drug-likeness (QED) is 0.133. The van der Waals surface area contributed by atoms with Gasteiger partial charge in [-0.05, 0) is 60.7 Å². The summed E-state index contributed by atoms with van der Waals surface area (Å²) in [7, 11) is -7.85. The molecular weight excluding hydrogens is 725 g/mol. The third-order valence-electron chi connectivity index (χ3n) is 7.34. The Kier molecular flexibility index (Phi) is 10.8. The van der Waals surface area contributed by atoms with Crippen LogP contribution in [-0.2, 0) is 35.8 Å². The van der Waals surface area contributed by atoms with Crippen molar-refractivity contribution in [2.45, 2.75) is 47.1 Å². The lowest BCUT2D eigenvalue weighted by atomic mass is 10.0. The van der Waals surface area contributed by atoms with E-state index in [-0.39, 0.29) is 73.7 Å². The van der Waals surface area contributed by atoms with Gasteiger partial charge in [-0.3, -0.25) is 0 Å². The molecule has 1 saturated heterocycles. The van der Waals surface area contributed by atoms with Gasteiger partial charge in [0, 0.05) is 30.5 Å². The second-order valence-electron chi connectivity index (χ2n) is 10.8. The van der Waals surface area contributed by atoms with Crippen LogP contribution < -0.4 is 14.2 Å². The Morgan fingerprint density at radius 1 is 1.04 bits per heavy atom. The van der Waals surface area contributed by atoms with Gasteiger partial charge in [0.05, 0.1) is 16.4 Å². The van der Waals surface area contributed by atoms with Gasteiger partial charge in [0.15, 0.2) is 39.1 Å². The summed E-state index contributed by atoms with van der Waals surface area (Å²) < 4.78 is 94.9. The van der Waals surface area contributed by atoms with Gasteiger partial charge >= 0.3 is 12.6 Å². The van der Waals surface area contributed by atoms with Crippen molar-refractivity contribution in [1.29, 1.82) is 0 Å². The standard InChI is InChI=1S/C29H28Cl2F2N2O9S3/c1-46(38,39)19-5-7-20(8-6-19)47(40,41)35-10-11-45-27(35)28(36)43-25(13-21-22(30)14-34(37)15-23(21)31)18-4-9-24(44-29(32)33)26(12-18)42-16-17-2-3-17/h4-9,12,14-15,17,25,27,29H,2-3,10-11,13,16H2,1H3/t25-,27-/m0/s1. The summed E-state index contributed by atoms with van der Waals surface area (Å²) in [4.78, 5) is 13.4. The number of carbonyl (C=O) groups excluding carboxylic acids is 1. The largest absolute Gasteiger partial charge is 0.619 e. The van der Waals surface area contributed by atoms with E-state index in [1.807, 2.05) is 0 Å². The number of halogens is 4. The predicted octanol–water partition coefficient (Wildman–Crippen LogP) is 5.01. The first-order valence-corrected chi connectivity index (χ1v) is 19.2. The van der Waals surface area contributed by atoms with Crippen LogP contribution in [0.4, 0.5) is 8.78 Å². The summed E-state index contributed by atoms with van der Waals surface area (Å²) in [5, 5.41) is 10.5. The topological polar surface area (TPSA) is 143 Å². The van der Waals surface area contributed by atoms with Crippen LogP contribution in [0.5, 0.6) is 11.5 Å². The first-order chi connectivity index (χ1) is 22.1. The lowest BCUT2D eigenvalue weighted by molar-refractivity contribution is -0.605. The number of sulfonamides is 1. The van der Waals surface area contributed by atoms with Crippen molar-refractivity contribution in [1.82, 2.24) is 4.31 Å². The van der Waals surface area contributed by atoms with Crippen LogP contribution in [0.25, 0.3) is 0 Å². The molecule has 2 heterocycles. The normalized spacial score (nSPS) is 17.9. The number of alkyl halides is 2. The molecule has 0 N–H and O–H groups in total. The SMILES string of the molecule is CS(=O)(=O)c1ccc(S(=O)(=O)N2CCS[C@H]2C(=O)O[C@@H](Cc2c(Cl)c[n+]([O-])cc2Cl)c2ccc(OC(F)F)c(OCC3CC3)c2)cc1. The number of sulfone groups is 1. The Morgan fingerprint density at radius 3 is 2.28 bits per heavy atom. The molecular formula is C29H28Cl2F2N2O9S3. The van der Waals surface area contributed by atoms with Gasteiger partial charge in [-0.1, -0.05) is 29.3 Å². The lowest BCUT2D eigenvalue weighted by Gasteiger charge is -2.26. The van der Waals surface area contributed by atoms with E-state index in [2.05, 4.69) is 4.74 Å². The molecule has 0 amide bonds. The van der Waals surface area contributed by atoms with Gasteiger partial charge < -0.3 is 19.4 Å². The predicted molar refractivity (Wildman–Crippen MR) is 169 cm³/mol. The number of nitrogens with zero attached hydrogens (tertiary/aromatic N) is 2. The maximum Gasteiger partial charge on any atom is 0.387 e. The molecule has 3 aromatic rings. The number of aromatic nitrogens is 1. The maximum atomic E-state index is 13.7. The summed E-state index contributed by atoms with van der Waals surface area (Å²) in [5.74, 6) is -0.672. The van der Waals surface area contributed by atoms with Crippen LogP contribution >= 0.6 is 35.0 Å². The Balaban J connectivity index is 1.46. The van der Waals surface area contributed by atoms with Crippen LogP contribution in [0.3, 0.4) is 0 Å². The first kappa shape index (κ1) is 35.4. The van der Waals surface area contributed by atoms with Gasteiger partial charge in [0.25, 0.3) is 0 Å². The van der Waals surface area contributed by atoms with Crippen LogP contribution in [0.2, 0.25) is 10.0 Å². The molecule has 2 fully saturated rings. The van der Waals surface area contributed by atoms with Crippen molar-refractivity contribution in [3.8, 4) is 11.5 Å². The molecule has 18 heteroatoms. The van der Waals surface area contributed by atoms with Gasteiger partial charge in [-0.2, -0.15) is 17.8 Å². The number of ether oxygens (including phenoxy) is 3. The lowest BCUT2D eigenvalue weighted by Crippen LogP contribution is -2.40. The highest BCUT2D eigenvalue weighted by molar-refractivity contribution is 8.02. The zero-order valence-electron chi connectivity index (χ0n) is 24.6. The van der Waals surface area contributed by atoms with Crippen molar-refractivity contribution in [3.05, 3.63) is 81.2 Å². The number of hydrogen-bond acceptors (Lipinski definition) is 10. The average Bonchev–Trinajstić information content (AvgIpc) is 3.68. The Morgan fingerprint density at radius 2 is 1.68 bits per heavy atom. The van der Waals surface area contributed by atoms with E-state index in [4.69, 9.17) is 32.7 Å². The molecule has 1 saturated carbocycles. The van der Waals surface area contributed by atoms with Crippen molar-refractivity contribution < 1.29 is 49.4 Å². The van der Waals surface area contributed by atoms with E-state index in [1.165, 1.54) is 18.2 Å². The molecule has 1 aromatic heterocycles. The highest BCUT2D eigenvalue weighted by Gasteiger charge is 2.42. The number of esters is 1. The second kappa shape index (κ2) is 14.3. The monoisotopic (exact) mass is 752 g/mol. The molecule has 2 aliphatic rings. The van der Waals surface area contributed by atoms with Crippen LogP contribution in [0.15, 0.2) is 64.6 Å². The van der Waals surface area contributed by atoms with Crippen molar-refractivity contribution in [2.75, 3.05) is 25.2 Å². The fourth-order valence-electron chi connectivity index (χ4n) is 4.74. The number of carbonyl (C=O) groups is 1. The van der Waals surface area contributed by atoms with E-state index < -0.39 is 43.9 Å². The number of thioether (sulfide) groups is 1. The minimum atomic E-state index is -4.28. The summed E-state index contributed by atoms with van der Waals surface area (Å²) >= 11 is 13.7. The van der Waals surface area contributed by atoms with Crippen molar-refractivity contribution >= 4 is 60.8 Å². The molecule has 2 aromatic carbocycles. The zero-order chi connectivity index (χ0) is 34.1. The molecule has 11 nitrogen and oxygen atoms in total. The summed E-state index contributed by atoms with van der Waals surface area (Å²) in [6.07, 6.45) is 3.57. The fourth-order valence-corrected chi connectivity index (χ4v) is 9.02. The van der Waals surface area contributed by atoms with E-state index in [0.29, 0.717) is 4.73 Å². The van der Waals surface area contributed by atoms with E-state index >= 15 is 0 Å². The van der Waals surface area contributed by atoms with Crippen LogP contribution in [0, 0.1) is 11.1 Å². The Hall–Kier alpha value is -2.89. The van der Waals surface area contributed by atoms with E-state index in [0.717, 1.165) is 71.8 Å². The molecule has 1 aliphatic heterocycles. The zero-order valence-corrected chi connectivity index (χ0v) is 28.5. The van der Waals surface area contributed by atoms with Gasteiger partial charge in [-0.25, -0.2) is 21.6 Å². The third-order valence-corrected chi connectivity index (χ3v) is 12.3. The highest BCUT2D eigenvalue weighted by Crippen LogP contribution is 2.39. The number of benzene rings is 2.